The van der Waals surface area contributed by atoms with Crippen molar-refractivity contribution in [3.8, 4) is 0 Å². The molecule has 0 radical (unpaired) electrons. The Morgan fingerprint density at radius 2 is 2.00 bits per heavy atom. The van der Waals surface area contributed by atoms with Crippen LogP contribution in [0.3, 0.4) is 0 Å². The topological polar surface area (TPSA) is 66.6 Å². The monoisotopic (exact) mass is 247 g/mol. The molecule has 0 saturated carbocycles. The van der Waals surface area contributed by atoms with Crippen LogP contribution in [-0.4, -0.2) is 43.4 Å². The SMILES string of the molecule is CN1CCN(c2cccc(CCN)c2)C(=O)C1=O. The number of anilines is 1. The molecule has 2 amide bonds. The van der Waals surface area contributed by atoms with Gasteiger partial charge >= 0.3 is 11.8 Å². The summed E-state index contributed by atoms with van der Waals surface area (Å²) >= 11 is 0. The van der Waals surface area contributed by atoms with Crippen molar-refractivity contribution in [1.29, 1.82) is 0 Å². The van der Waals surface area contributed by atoms with Gasteiger partial charge in [0.2, 0.25) is 0 Å². The first-order chi connectivity index (χ1) is 8.63. The molecule has 1 aromatic rings. The highest BCUT2D eigenvalue weighted by molar-refractivity contribution is 6.40. The smallest absolute Gasteiger partial charge is 0.316 e. The van der Waals surface area contributed by atoms with Gasteiger partial charge in [0.25, 0.3) is 0 Å². The van der Waals surface area contributed by atoms with Crippen LogP contribution in [0.5, 0.6) is 0 Å². The molecule has 5 nitrogen and oxygen atoms in total. The predicted octanol–water partition coefficient (Wildman–Crippen LogP) is -0.00720. The Morgan fingerprint density at radius 1 is 1.22 bits per heavy atom. The fourth-order valence-electron chi connectivity index (χ4n) is 2.02. The number of nitrogens with two attached hydrogens (primary N) is 1. The lowest BCUT2D eigenvalue weighted by atomic mass is 10.1. The summed E-state index contributed by atoms with van der Waals surface area (Å²) in [5, 5.41) is 0. The normalized spacial score (nSPS) is 16.3. The average molecular weight is 247 g/mol. The molecule has 2 N–H and O–H groups in total. The van der Waals surface area contributed by atoms with Crippen LogP contribution in [-0.2, 0) is 16.0 Å². The number of nitrogens with zero attached hydrogens (tertiary/aromatic N) is 2. The van der Waals surface area contributed by atoms with Crippen LogP contribution in [0, 0.1) is 0 Å². The van der Waals surface area contributed by atoms with Crippen LogP contribution in [0.2, 0.25) is 0 Å². The summed E-state index contributed by atoms with van der Waals surface area (Å²) in [7, 11) is 1.64. The second-order valence-corrected chi connectivity index (χ2v) is 4.39. The zero-order valence-electron chi connectivity index (χ0n) is 10.4. The number of hydrogen-bond acceptors (Lipinski definition) is 3. The van der Waals surface area contributed by atoms with Crippen molar-refractivity contribution in [3.63, 3.8) is 0 Å². The molecule has 0 unspecified atom stereocenters. The van der Waals surface area contributed by atoms with Gasteiger partial charge in [-0.25, -0.2) is 0 Å². The third kappa shape index (κ3) is 2.36. The summed E-state index contributed by atoms with van der Waals surface area (Å²) in [4.78, 5) is 26.5. The first kappa shape index (κ1) is 12.6. The van der Waals surface area contributed by atoms with E-state index in [1.165, 1.54) is 9.80 Å². The molecule has 0 bridgehead atoms. The quantitative estimate of drug-likeness (QED) is 0.764. The van der Waals surface area contributed by atoms with Gasteiger partial charge in [-0.1, -0.05) is 12.1 Å². The van der Waals surface area contributed by atoms with Gasteiger partial charge in [0, 0.05) is 25.8 Å². The van der Waals surface area contributed by atoms with E-state index in [4.69, 9.17) is 5.73 Å². The molecule has 0 atom stereocenters. The fraction of sp³-hybridized carbons (Fsp3) is 0.385. The van der Waals surface area contributed by atoms with Gasteiger partial charge < -0.3 is 15.5 Å². The van der Waals surface area contributed by atoms with Crippen LogP contribution >= 0.6 is 0 Å². The van der Waals surface area contributed by atoms with Gasteiger partial charge in [0.05, 0.1) is 0 Å². The lowest BCUT2D eigenvalue weighted by Crippen LogP contribution is -2.53. The Morgan fingerprint density at radius 3 is 2.72 bits per heavy atom. The molecule has 1 saturated heterocycles. The molecular weight excluding hydrogens is 230 g/mol. The van der Waals surface area contributed by atoms with E-state index >= 15 is 0 Å². The molecule has 0 aliphatic carbocycles. The Balaban J connectivity index is 2.23. The lowest BCUT2D eigenvalue weighted by Gasteiger charge is -2.31. The van der Waals surface area contributed by atoms with Crippen molar-refractivity contribution in [2.45, 2.75) is 6.42 Å². The van der Waals surface area contributed by atoms with Gasteiger partial charge in [0.15, 0.2) is 0 Å². The van der Waals surface area contributed by atoms with Crippen LogP contribution < -0.4 is 10.6 Å². The number of amides is 2. The molecule has 1 aliphatic rings. The number of benzene rings is 1. The molecule has 1 heterocycles. The van der Waals surface area contributed by atoms with E-state index in [0.29, 0.717) is 19.6 Å². The van der Waals surface area contributed by atoms with Crippen molar-refractivity contribution in [2.75, 3.05) is 31.6 Å². The summed E-state index contributed by atoms with van der Waals surface area (Å²) in [6.07, 6.45) is 0.768. The highest BCUT2D eigenvalue weighted by Gasteiger charge is 2.31. The minimum Gasteiger partial charge on any atom is -0.336 e. The largest absolute Gasteiger partial charge is 0.336 e. The fourth-order valence-corrected chi connectivity index (χ4v) is 2.02. The van der Waals surface area contributed by atoms with Crippen molar-refractivity contribution >= 4 is 17.5 Å². The third-order valence-corrected chi connectivity index (χ3v) is 3.09. The Labute approximate surface area is 106 Å². The Hall–Kier alpha value is -1.88. The maximum absolute atomic E-state index is 11.9. The summed E-state index contributed by atoms with van der Waals surface area (Å²) in [6, 6.07) is 7.62. The molecule has 5 heteroatoms. The van der Waals surface area contributed by atoms with Crippen LogP contribution in [0.25, 0.3) is 0 Å². The molecular formula is C13H17N3O2. The summed E-state index contributed by atoms with van der Waals surface area (Å²) < 4.78 is 0. The van der Waals surface area contributed by atoms with E-state index < -0.39 is 11.8 Å². The van der Waals surface area contributed by atoms with E-state index in [0.717, 1.165) is 17.7 Å². The summed E-state index contributed by atoms with van der Waals surface area (Å²) in [5.74, 6) is -0.917. The summed E-state index contributed by atoms with van der Waals surface area (Å²) in [6.45, 7) is 1.66. The molecule has 0 aromatic heterocycles. The standard InChI is InChI=1S/C13H17N3O2/c1-15-7-8-16(13(18)12(15)17)11-4-2-3-10(9-11)5-6-14/h2-4,9H,5-8,14H2,1H3. The van der Waals surface area contributed by atoms with E-state index in [-0.39, 0.29) is 0 Å². The number of rotatable bonds is 3. The molecule has 1 aliphatic heterocycles. The maximum atomic E-state index is 11.9. The van der Waals surface area contributed by atoms with Crippen LogP contribution in [0.1, 0.15) is 5.56 Å². The first-order valence-electron chi connectivity index (χ1n) is 5.99. The van der Waals surface area contributed by atoms with Crippen LogP contribution in [0.15, 0.2) is 24.3 Å². The molecule has 2 rings (SSSR count). The van der Waals surface area contributed by atoms with Crippen molar-refractivity contribution in [1.82, 2.24) is 4.90 Å². The third-order valence-electron chi connectivity index (χ3n) is 3.09. The molecule has 1 fully saturated rings. The highest BCUT2D eigenvalue weighted by Crippen LogP contribution is 2.19. The number of likely N-dealkylation sites (N-methyl/N-ethyl adjacent to an activating group) is 1. The zero-order chi connectivity index (χ0) is 13.1. The molecule has 1 aromatic carbocycles. The predicted molar refractivity (Wildman–Crippen MR) is 69.2 cm³/mol. The van der Waals surface area contributed by atoms with Gasteiger partial charge in [-0.15, -0.1) is 0 Å². The number of piperazine rings is 1. The molecule has 0 spiro atoms. The lowest BCUT2D eigenvalue weighted by molar-refractivity contribution is -0.145. The highest BCUT2D eigenvalue weighted by atomic mass is 16.2. The second-order valence-electron chi connectivity index (χ2n) is 4.39. The van der Waals surface area contributed by atoms with E-state index in [9.17, 15) is 9.59 Å². The second kappa shape index (κ2) is 5.18. The maximum Gasteiger partial charge on any atom is 0.316 e. The summed E-state index contributed by atoms with van der Waals surface area (Å²) in [5.41, 5.74) is 7.36. The minimum absolute atomic E-state index is 0.453. The van der Waals surface area contributed by atoms with Gasteiger partial charge in [-0.2, -0.15) is 0 Å². The zero-order valence-corrected chi connectivity index (χ0v) is 10.4. The number of carbonyl (C=O) groups is 2. The van der Waals surface area contributed by atoms with Gasteiger partial charge in [0.1, 0.15) is 0 Å². The minimum atomic E-state index is -0.464. The van der Waals surface area contributed by atoms with E-state index in [2.05, 4.69) is 0 Å². The molecule has 96 valence electrons. The number of hydrogen-bond donors (Lipinski definition) is 1. The number of carbonyl (C=O) groups excluding carboxylic acids is 2. The van der Waals surface area contributed by atoms with Crippen molar-refractivity contribution in [2.24, 2.45) is 5.73 Å². The van der Waals surface area contributed by atoms with E-state index in [1.54, 1.807) is 7.05 Å². The Kier molecular flexibility index (Phi) is 3.62. The van der Waals surface area contributed by atoms with Crippen LogP contribution in [0.4, 0.5) is 5.69 Å². The van der Waals surface area contributed by atoms with Gasteiger partial charge in [-0.3, -0.25) is 9.59 Å². The first-order valence-corrected chi connectivity index (χ1v) is 5.99. The van der Waals surface area contributed by atoms with Gasteiger partial charge in [-0.05, 0) is 30.7 Å². The van der Waals surface area contributed by atoms with E-state index in [1.807, 2.05) is 24.3 Å². The van der Waals surface area contributed by atoms with Crippen molar-refractivity contribution < 1.29 is 9.59 Å². The van der Waals surface area contributed by atoms with Crippen molar-refractivity contribution in [3.05, 3.63) is 29.8 Å². The Bertz CT molecular complexity index is 473. The average Bonchev–Trinajstić information content (AvgIpc) is 2.37. The molecule has 18 heavy (non-hydrogen) atoms.